The number of fused-ring (bicyclic) bond motifs is 1. The van der Waals surface area contributed by atoms with Gasteiger partial charge in [-0.2, -0.15) is 16.9 Å². The van der Waals surface area contributed by atoms with Crippen LogP contribution in [-0.2, 0) is 19.2 Å². The summed E-state index contributed by atoms with van der Waals surface area (Å²) in [7, 11) is 1.98. The Bertz CT molecular complexity index is 577. The lowest BCUT2D eigenvalue weighted by Crippen LogP contribution is -2.19. The second kappa shape index (κ2) is 5.29. The molecule has 3 nitrogen and oxygen atoms in total. The quantitative estimate of drug-likeness (QED) is 0.929. The molecule has 0 saturated heterocycles. The van der Waals surface area contributed by atoms with Crippen LogP contribution in [0, 0.1) is 0 Å². The minimum Gasteiger partial charge on any atom is -0.375 e. The zero-order valence-corrected chi connectivity index (χ0v) is 12.2. The molecule has 0 saturated carbocycles. The molecule has 1 N–H and O–H groups in total. The Morgan fingerprint density at radius 3 is 3.11 bits per heavy atom. The molecule has 4 heteroatoms. The average molecular weight is 273 g/mol. The zero-order valence-electron chi connectivity index (χ0n) is 11.4. The van der Waals surface area contributed by atoms with E-state index in [1.54, 1.807) is 0 Å². The van der Waals surface area contributed by atoms with Crippen molar-refractivity contribution >= 4 is 17.4 Å². The molecule has 19 heavy (non-hydrogen) atoms. The lowest BCUT2D eigenvalue weighted by molar-refractivity contribution is 0.746. The molecule has 1 aromatic carbocycles. The van der Waals surface area contributed by atoms with Crippen LogP contribution in [0.25, 0.3) is 0 Å². The fourth-order valence-electron chi connectivity index (χ4n) is 2.61. The van der Waals surface area contributed by atoms with E-state index in [9.17, 15) is 0 Å². The largest absolute Gasteiger partial charge is 0.375 e. The summed E-state index contributed by atoms with van der Waals surface area (Å²) in [4.78, 5) is 0. The van der Waals surface area contributed by atoms with Gasteiger partial charge in [-0.1, -0.05) is 31.2 Å². The van der Waals surface area contributed by atoms with Crippen molar-refractivity contribution < 1.29 is 0 Å². The van der Waals surface area contributed by atoms with E-state index in [0.717, 1.165) is 23.6 Å². The summed E-state index contributed by atoms with van der Waals surface area (Å²) in [5.41, 5.74) is 5.22. The number of aryl methyl sites for hydroxylation is 2. The molecule has 1 unspecified atom stereocenters. The van der Waals surface area contributed by atoms with E-state index < -0.39 is 0 Å². The molecular formula is C15H19N3S. The molecule has 100 valence electrons. The molecule has 0 aliphatic carbocycles. The van der Waals surface area contributed by atoms with E-state index in [0.29, 0.717) is 6.04 Å². The van der Waals surface area contributed by atoms with E-state index in [4.69, 9.17) is 0 Å². The topological polar surface area (TPSA) is 29.9 Å². The Kier molecular flexibility index (Phi) is 3.51. The predicted molar refractivity (Wildman–Crippen MR) is 81.6 cm³/mol. The first kappa shape index (κ1) is 12.6. The number of nitrogens with one attached hydrogen (secondary N) is 1. The third kappa shape index (κ3) is 2.50. The SMILES string of the molecule is CCc1nn(C)cc1NC1CSCc2ccccc21. The molecule has 0 amide bonds. The maximum Gasteiger partial charge on any atom is 0.0853 e. The molecule has 1 aliphatic rings. The lowest BCUT2D eigenvalue weighted by Gasteiger charge is -2.26. The van der Waals surface area contributed by atoms with Gasteiger partial charge in [0.2, 0.25) is 0 Å². The van der Waals surface area contributed by atoms with Crippen LogP contribution in [0.15, 0.2) is 30.5 Å². The van der Waals surface area contributed by atoms with Gasteiger partial charge >= 0.3 is 0 Å². The van der Waals surface area contributed by atoms with Gasteiger partial charge in [0, 0.05) is 24.8 Å². The van der Waals surface area contributed by atoms with Crippen LogP contribution in [0.1, 0.15) is 29.8 Å². The van der Waals surface area contributed by atoms with Crippen LogP contribution in [0.5, 0.6) is 0 Å². The van der Waals surface area contributed by atoms with Gasteiger partial charge in [-0.3, -0.25) is 4.68 Å². The van der Waals surface area contributed by atoms with Gasteiger partial charge in [0.1, 0.15) is 0 Å². The number of aromatic nitrogens is 2. The summed E-state index contributed by atoms with van der Waals surface area (Å²) in [6, 6.07) is 9.13. The molecule has 1 aliphatic heterocycles. The normalized spacial score (nSPS) is 18.1. The highest BCUT2D eigenvalue weighted by Crippen LogP contribution is 2.34. The molecule has 0 bridgehead atoms. The van der Waals surface area contributed by atoms with Gasteiger partial charge < -0.3 is 5.32 Å². The van der Waals surface area contributed by atoms with Crippen LogP contribution in [0.3, 0.4) is 0 Å². The van der Waals surface area contributed by atoms with Gasteiger partial charge in [-0.05, 0) is 17.5 Å². The van der Waals surface area contributed by atoms with Crippen molar-refractivity contribution in [3.63, 3.8) is 0 Å². The Labute approximate surface area is 118 Å². The second-order valence-electron chi connectivity index (χ2n) is 4.93. The number of hydrogen-bond acceptors (Lipinski definition) is 3. The summed E-state index contributed by atoms with van der Waals surface area (Å²) in [6.45, 7) is 2.15. The predicted octanol–water partition coefficient (Wildman–Crippen LogP) is 3.38. The highest BCUT2D eigenvalue weighted by molar-refractivity contribution is 7.98. The molecule has 1 atom stereocenters. The van der Waals surface area contributed by atoms with Crippen LogP contribution in [0.2, 0.25) is 0 Å². The van der Waals surface area contributed by atoms with Crippen molar-refractivity contribution in [1.82, 2.24) is 9.78 Å². The number of thioether (sulfide) groups is 1. The lowest BCUT2D eigenvalue weighted by atomic mass is 10.0. The average Bonchev–Trinajstić information content (AvgIpc) is 2.79. The summed E-state index contributed by atoms with van der Waals surface area (Å²) in [5, 5.41) is 8.17. The molecule has 3 rings (SSSR count). The molecule has 2 aromatic rings. The van der Waals surface area contributed by atoms with E-state index in [1.165, 1.54) is 16.8 Å². The Morgan fingerprint density at radius 1 is 1.42 bits per heavy atom. The van der Waals surface area contributed by atoms with Gasteiger partial charge in [0.25, 0.3) is 0 Å². The van der Waals surface area contributed by atoms with Gasteiger partial charge in [0.05, 0.1) is 17.4 Å². The second-order valence-corrected chi connectivity index (χ2v) is 5.96. The molecule has 0 radical (unpaired) electrons. The first-order valence-electron chi connectivity index (χ1n) is 6.72. The van der Waals surface area contributed by atoms with Crippen LogP contribution < -0.4 is 5.32 Å². The van der Waals surface area contributed by atoms with Crippen molar-refractivity contribution in [1.29, 1.82) is 0 Å². The van der Waals surface area contributed by atoms with Gasteiger partial charge in [0.15, 0.2) is 0 Å². The maximum atomic E-state index is 4.50. The number of hydrogen-bond donors (Lipinski definition) is 1. The van der Waals surface area contributed by atoms with Gasteiger partial charge in [-0.25, -0.2) is 0 Å². The fraction of sp³-hybridized carbons (Fsp3) is 0.400. The van der Waals surface area contributed by atoms with E-state index in [2.05, 4.69) is 47.8 Å². The summed E-state index contributed by atoms with van der Waals surface area (Å²) < 4.78 is 1.89. The van der Waals surface area contributed by atoms with E-state index in [1.807, 2.05) is 23.5 Å². The summed E-state index contributed by atoms with van der Waals surface area (Å²) in [5.74, 6) is 2.25. The van der Waals surface area contributed by atoms with E-state index in [-0.39, 0.29) is 0 Å². The van der Waals surface area contributed by atoms with E-state index >= 15 is 0 Å². The third-order valence-electron chi connectivity index (χ3n) is 3.54. The fourth-order valence-corrected chi connectivity index (χ4v) is 3.70. The number of benzene rings is 1. The molecule has 1 aromatic heterocycles. The molecule has 0 fully saturated rings. The maximum absolute atomic E-state index is 4.50. The van der Waals surface area contributed by atoms with Crippen LogP contribution in [-0.4, -0.2) is 15.5 Å². The Hall–Kier alpha value is -1.42. The number of rotatable bonds is 3. The van der Waals surface area contributed by atoms with Crippen LogP contribution in [0.4, 0.5) is 5.69 Å². The summed E-state index contributed by atoms with van der Waals surface area (Å²) in [6.07, 6.45) is 3.05. The third-order valence-corrected chi connectivity index (χ3v) is 4.63. The van der Waals surface area contributed by atoms with Crippen molar-refractivity contribution in [2.75, 3.05) is 11.1 Å². The smallest absolute Gasteiger partial charge is 0.0853 e. The van der Waals surface area contributed by atoms with Crippen molar-refractivity contribution in [3.05, 3.63) is 47.3 Å². The number of nitrogens with zero attached hydrogens (tertiary/aromatic N) is 2. The van der Waals surface area contributed by atoms with Crippen molar-refractivity contribution in [2.24, 2.45) is 7.05 Å². The van der Waals surface area contributed by atoms with Crippen LogP contribution >= 0.6 is 11.8 Å². The Balaban J connectivity index is 1.88. The first-order chi connectivity index (χ1) is 9.28. The Morgan fingerprint density at radius 2 is 2.26 bits per heavy atom. The minimum atomic E-state index is 0.393. The molecule has 2 heterocycles. The molecular weight excluding hydrogens is 254 g/mol. The molecule has 0 spiro atoms. The highest BCUT2D eigenvalue weighted by atomic mass is 32.2. The summed E-state index contributed by atoms with van der Waals surface area (Å²) >= 11 is 2.00. The monoisotopic (exact) mass is 273 g/mol. The van der Waals surface area contributed by atoms with Gasteiger partial charge in [-0.15, -0.1) is 0 Å². The first-order valence-corrected chi connectivity index (χ1v) is 7.88. The standard InChI is InChI=1S/C15H19N3S/c1-3-13-14(8-18(2)17-13)16-15-10-19-9-11-6-4-5-7-12(11)15/h4-8,15-16H,3,9-10H2,1-2H3. The minimum absolute atomic E-state index is 0.393. The highest BCUT2D eigenvalue weighted by Gasteiger charge is 2.21. The van der Waals surface area contributed by atoms with Crippen molar-refractivity contribution in [3.8, 4) is 0 Å². The van der Waals surface area contributed by atoms with Crippen molar-refractivity contribution in [2.45, 2.75) is 25.1 Å². The zero-order chi connectivity index (χ0) is 13.2. The number of anilines is 1.